The molecule has 0 N–H and O–H groups in total. The third-order valence-corrected chi connectivity index (χ3v) is 3.81. The summed E-state index contributed by atoms with van der Waals surface area (Å²) in [4.78, 5) is 12.3. The largest absolute Gasteiger partial charge is 0.454 e. The predicted octanol–water partition coefficient (Wildman–Crippen LogP) is 2.98. The molecule has 3 rings (SSSR count). The monoisotopic (exact) mass is 244 g/mol. The predicted molar refractivity (Wildman–Crippen MR) is 67.9 cm³/mol. The Kier molecular flexibility index (Phi) is 2.62. The summed E-state index contributed by atoms with van der Waals surface area (Å²) in [6.07, 6.45) is 6.50. The van der Waals surface area contributed by atoms with Crippen LogP contribution >= 0.6 is 0 Å². The van der Waals surface area contributed by atoms with Gasteiger partial charge < -0.3 is 9.47 Å². The maximum atomic E-state index is 12.3. The number of allylic oxidation sites excluding steroid dienone is 2. The lowest BCUT2D eigenvalue weighted by atomic mass is 9.77. The molecule has 0 unspecified atom stereocenters. The van der Waals surface area contributed by atoms with E-state index in [0.29, 0.717) is 12.2 Å². The van der Waals surface area contributed by atoms with E-state index in [2.05, 4.69) is 0 Å². The van der Waals surface area contributed by atoms with Crippen LogP contribution in [0.25, 0.3) is 0 Å². The number of ketones is 1. The molecule has 0 bridgehead atoms. The third kappa shape index (κ3) is 1.54. The molecule has 1 aliphatic carbocycles. The molecule has 1 heterocycles. The van der Waals surface area contributed by atoms with E-state index in [1.165, 1.54) is 0 Å². The summed E-state index contributed by atoms with van der Waals surface area (Å²) in [5, 5.41) is 0. The fraction of sp³-hybridized carbons (Fsp3) is 0.400. The van der Waals surface area contributed by atoms with Crippen LogP contribution in [0.2, 0.25) is 0 Å². The topological polar surface area (TPSA) is 35.5 Å². The minimum absolute atomic E-state index is 0.267. The summed E-state index contributed by atoms with van der Waals surface area (Å²) in [5.41, 5.74) is 0.572. The van der Waals surface area contributed by atoms with Crippen LogP contribution in [-0.4, -0.2) is 12.6 Å². The maximum absolute atomic E-state index is 12.3. The summed E-state index contributed by atoms with van der Waals surface area (Å²) >= 11 is 0. The van der Waals surface area contributed by atoms with Crippen LogP contribution in [0.5, 0.6) is 11.5 Å². The fourth-order valence-electron chi connectivity index (χ4n) is 2.93. The minimum atomic E-state index is -0.449. The Morgan fingerprint density at radius 3 is 2.83 bits per heavy atom. The molecular weight excluding hydrogens is 228 g/mol. The van der Waals surface area contributed by atoms with Crippen molar-refractivity contribution in [3.63, 3.8) is 0 Å². The smallest absolute Gasteiger partial charge is 0.231 e. The Hall–Kier alpha value is -1.77. The molecule has 2 aliphatic rings. The molecule has 0 spiro atoms. The van der Waals surface area contributed by atoms with Crippen LogP contribution in [0.1, 0.15) is 31.7 Å². The van der Waals surface area contributed by atoms with Crippen LogP contribution in [0.15, 0.2) is 30.4 Å². The van der Waals surface area contributed by atoms with Crippen molar-refractivity contribution in [1.82, 2.24) is 0 Å². The van der Waals surface area contributed by atoms with Crippen LogP contribution in [0, 0.1) is 0 Å². The van der Waals surface area contributed by atoms with E-state index >= 15 is 0 Å². The fourth-order valence-corrected chi connectivity index (χ4v) is 2.93. The van der Waals surface area contributed by atoms with Crippen molar-refractivity contribution < 1.29 is 14.3 Å². The number of rotatable bonds is 2. The normalized spacial score (nSPS) is 26.2. The molecule has 94 valence electrons. The van der Waals surface area contributed by atoms with Gasteiger partial charge in [0.25, 0.3) is 0 Å². The van der Waals surface area contributed by atoms with Crippen LogP contribution < -0.4 is 9.47 Å². The third-order valence-electron chi connectivity index (χ3n) is 3.81. The van der Waals surface area contributed by atoms with E-state index in [1.54, 1.807) is 0 Å². The number of carbonyl (C=O) groups excluding carboxylic acids is 1. The molecule has 1 atom stereocenters. The zero-order valence-corrected chi connectivity index (χ0v) is 10.4. The molecular formula is C15H16O3. The highest BCUT2D eigenvalue weighted by Crippen LogP contribution is 2.43. The van der Waals surface area contributed by atoms with Crippen LogP contribution in [0.3, 0.4) is 0 Å². The van der Waals surface area contributed by atoms with Crippen molar-refractivity contribution in [2.24, 2.45) is 0 Å². The van der Waals surface area contributed by atoms with Crippen molar-refractivity contribution in [2.75, 3.05) is 6.79 Å². The molecule has 1 aromatic carbocycles. The average Bonchev–Trinajstić information content (AvgIpc) is 2.97. The lowest BCUT2D eigenvalue weighted by Crippen LogP contribution is -2.28. The van der Waals surface area contributed by atoms with Crippen molar-refractivity contribution in [1.29, 1.82) is 0 Å². The van der Waals surface area contributed by atoms with Gasteiger partial charge in [-0.3, -0.25) is 4.79 Å². The Bertz CT molecular complexity index is 518. The zero-order valence-electron chi connectivity index (χ0n) is 10.4. The van der Waals surface area contributed by atoms with Gasteiger partial charge in [-0.2, -0.15) is 0 Å². The van der Waals surface area contributed by atoms with E-state index in [0.717, 1.165) is 29.9 Å². The van der Waals surface area contributed by atoms with Gasteiger partial charge in [0.05, 0.1) is 5.41 Å². The Balaban J connectivity index is 2.08. The number of carbonyl (C=O) groups is 1. The SMILES string of the molecule is C/C=C/[C@]1(c2ccc3c(c2)OCO3)CCCC1=O. The van der Waals surface area contributed by atoms with Crippen molar-refractivity contribution in [3.05, 3.63) is 35.9 Å². The molecule has 0 radical (unpaired) electrons. The van der Waals surface area contributed by atoms with Gasteiger partial charge in [-0.1, -0.05) is 18.2 Å². The number of ether oxygens (including phenoxy) is 2. The van der Waals surface area contributed by atoms with Gasteiger partial charge in [0.15, 0.2) is 11.5 Å². The number of fused-ring (bicyclic) bond motifs is 1. The van der Waals surface area contributed by atoms with E-state index in [4.69, 9.17) is 9.47 Å². The summed E-state index contributed by atoms with van der Waals surface area (Å²) < 4.78 is 10.7. The standard InChI is InChI=1S/C15H16O3/c1-2-7-15(8-3-4-14(15)16)11-5-6-12-13(9-11)18-10-17-12/h2,5-7,9H,3-4,8,10H2,1H3/b7-2+/t15-/m1/s1. The highest BCUT2D eigenvalue weighted by molar-refractivity contribution is 5.94. The molecule has 18 heavy (non-hydrogen) atoms. The number of Topliss-reactive ketones (excluding diaryl/α,β-unsaturated/α-hetero) is 1. The van der Waals surface area contributed by atoms with Crippen LogP contribution in [-0.2, 0) is 10.2 Å². The Morgan fingerprint density at radius 1 is 1.28 bits per heavy atom. The number of hydrogen-bond acceptors (Lipinski definition) is 3. The number of hydrogen-bond donors (Lipinski definition) is 0. The van der Waals surface area contributed by atoms with Gasteiger partial charge in [0, 0.05) is 6.42 Å². The van der Waals surface area contributed by atoms with Crippen molar-refractivity contribution in [3.8, 4) is 11.5 Å². The zero-order chi connectivity index (χ0) is 12.6. The molecule has 1 saturated carbocycles. The Morgan fingerprint density at radius 2 is 2.11 bits per heavy atom. The first-order valence-corrected chi connectivity index (χ1v) is 6.33. The first-order chi connectivity index (χ1) is 8.76. The van der Waals surface area contributed by atoms with E-state index in [-0.39, 0.29) is 6.79 Å². The summed E-state index contributed by atoms with van der Waals surface area (Å²) in [6, 6.07) is 5.83. The molecule has 1 aromatic rings. The van der Waals surface area contributed by atoms with E-state index < -0.39 is 5.41 Å². The molecule has 3 nitrogen and oxygen atoms in total. The second-order valence-electron chi connectivity index (χ2n) is 4.82. The van der Waals surface area contributed by atoms with Gasteiger partial charge in [0.2, 0.25) is 6.79 Å². The lowest BCUT2D eigenvalue weighted by Gasteiger charge is -2.24. The second kappa shape index (κ2) is 4.16. The first kappa shape index (κ1) is 11.3. The van der Waals surface area contributed by atoms with Crippen LogP contribution in [0.4, 0.5) is 0 Å². The van der Waals surface area contributed by atoms with Gasteiger partial charge in [0.1, 0.15) is 5.78 Å². The minimum Gasteiger partial charge on any atom is -0.454 e. The van der Waals surface area contributed by atoms with Gasteiger partial charge in [-0.25, -0.2) is 0 Å². The Labute approximate surface area is 106 Å². The van der Waals surface area contributed by atoms with Gasteiger partial charge >= 0.3 is 0 Å². The molecule has 0 amide bonds. The molecule has 0 aromatic heterocycles. The lowest BCUT2D eigenvalue weighted by molar-refractivity contribution is -0.120. The first-order valence-electron chi connectivity index (χ1n) is 6.33. The molecule has 3 heteroatoms. The van der Waals surface area contributed by atoms with Gasteiger partial charge in [-0.15, -0.1) is 0 Å². The van der Waals surface area contributed by atoms with Crippen molar-refractivity contribution >= 4 is 5.78 Å². The average molecular weight is 244 g/mol. The van der Waals surface area contributed by atoms with Crippen molar-refractivity contribution in [2.45, 2.75) is 31.6 Å². The second-order valence-corrected chi connectivity index (χ2v) is 4.82. The highest BCUT2D eigenvalue weighted by atomic mass is 16.7. The molecule has 1 aliphatic heterocycles. The molecule has 1 fully saturated rings. The van der Waals surface area contributed by atoms with Gasteiger partial charge in [-0.05, 0) is 37.5 Å². The quantitative estimate of drug-likeness (QED) is 0.750. The van der Waals surface area contributed by atoms with E-state index in [1.807, 2.05) is 37.3 Å². The summed E-state index contributed by atoms with van der Waals surface area (Å²) in [6.45, 7) is 2.23. The number of benzene rings is 1. The molecule has 0 saturated heterocycles. The van der Waals surface area contributed by atoms with E-state index in [9.17, 15) is 4.79 Å². The summed E-state index contributed by atoms with van der Waals surface area (Å²) in [5.74, 6) is 1.82. The highest BCUT2D eigenvalue weighted by Gasteiger charge is 2.41. The summed E-state index contributed by atoms with van der Waals surface area (Å²) in [7, 11) is 0. The maximum Gasteiger partial charge on any atom is 0.231 e.